The Labute approximate surface area is 170 Å². The van der Waals surface area contributed by atoms with Gasteiger partial charge in [0.05, 0.1) is 0 Å². The normalized spacial score (nSPS) is 11.1. The molecule has 4 rings (SSSR count). The summed E-state index contributed by atoms with van der Waals surface area (Å²) >= 11 is 0. The second kappa shape index (κ2) is 8.19. The predicted molar refractivity (Wildman–Crippen MR) is 108 cm³/mol. The lowest BCUT2D eigenvalue weighted by Crippen LogP contribution is -2.11. The average Bonchev–Trinajstić information content (AvgIpc) is 3.23. The molecule has 0 aliphatic carbocycles. The number of nitrogens with zero attached hydrogens (tertiary/aromatic N) is 5. The summed E-state index contributed by atoms with van der Waals surface area (Å²) in [6.45, 7) is 1.75. The van der Waals surface area contributed by atoms with E-state index in [0.717, 1.165) is 0 Å². The molecule has 8 nitrogen and oxygen atoms in total. The van der Waals surface area contributed by atoms with Crippen LogP contribution in [0.15, 0.2) is 54.9 Å². The Hall–Kier alpha value is -3.95. The van der Waals surface area contributed by atoms with Crippen molar-refractivity contribution in [1.82, 2.24) is 24.6 Å². The zero-order chi connectivity index (χ0) is 21.1. The van der Waals surface area contributed by atoms with Crippen LogP contribution in [0.1, 0.15) is 25.5 Å². The van der Waals surface area contributed by atoms with Crippen molar-refractivity contribution >= 4 is 28.7 Å². The van der Waals surface area contributed by atoms with Gasteiger partial charge in [0.2, 0.25) is 11.7 Å². The lowest BCUT2D eigenvalue weighted by atomic mass is 10.3. The molecule has 0 saturated heterocycles. The quantitative estimate of drug-likeness (QED) is 0.495. The van der Waals surface area contributed by atoms with Crippen molar-refractivity contribution in [2.75, 3.05) is 10.6 Å². The van der Waals surface area contributed by atoms with Crippen molar-refractivity contribution in [2.45, 2.75) is 19.8 Å². The molecule has 0 radical (unpaired) electrons. The molecule has 152 valence electrons. The number of anilines is 3. The van der Waals surface area contributed by atoms with Gasteiger partial charge in [-0.25, -0.2) is 28.2 Å². The highest BCUT2D eigenvalue weighted by Crippen LogP contribution is 2.25. The third-order valence-electron chi connectivity index (χ3n) is 4.23. The van der Waals surface area contributed by atoms with Crippen LogP contribution in [-0.2, 0) is 4.79 Å². The number of aromatic nitrogens is 5. The number of pyridine rings is 2. The summed E-state index contributed by atoms with van der Waals surface area (Å²) < 4.78 is 27.6. The number of halogens is 2. The van der Waals surface area contributed by atoms with Crippen molar-refractivity contribution in [3.63, 3.8) is 0 Å². The maximum absolute atomic E-state index is 13.0. The molecule has 0 unspecified atom stereocenters. The van der Waals surface area contributed by atoms with Gasteiger partial charge in [0.1, 0.15) is 22.7 Å². The third-order valence-corrected chi connectivity index (χ3v) is 4.23. The molecule has 0 aromatic carbocycles. The van der Waals surface area contributed by atoms with E-state index in [2.05, 4.69) is 30.7 Å². The molecule has 0 saturated carbocycles. The van der Waals surface area contributed by atoms with Gasteiger partial charge < -0.3 is 10.6 Å². The van der Waals surface area contributed by atoms with Crippen LogP contribution in [0.2, 0.25) is 0 Å². The molecule has 4 heterocycles. The Morgan fingerprint density at radius 1 is 1.17 bits per heavy atom. The number of carbonyl (C=O) groups is 1. The minimum Gasteiger partial charge on any atom is -0.338 e. The summed E-state index contributed by atoms with van der Waals surface area (Å²) in [5, 5.41) is 10.2. The van der Waals surface area contributed by atoms with Gasteiger partial charge in [-0.3, -0.25) is 4.79 Å². The molecule has 0 atom stereocenters. The maximum Gasteiger partial charge on any atom is 0.280 e. The largest absolute Gasteiger partial charge is 0.338 e. The van der Waals surface area contributed by atoms with E-state index in [1.165, 1.54) is 12.1 Å². The number of carbonyl (C=O) groups excluding carboxylic acids is 1. The third kappa shape index (κ3) is 4.07. The van der Waals surface area contributed by atoms with Gasteiger partial charge in [0, 0.05) is 30.6 Å². The lowest BCUT2D eigenvalue weighted by molar-refractivity contribution is -0.115. The van der Waals surface area contributed by atoms with Crippen LogP contribution in [0, 0.1) is 0 Å². The second-order valence-electron chi connectivity index (χ2n) is 6.33. The maximum atomic E-state index is 13.0. The van der Waals surface area contributed by atoms with Gasteiger partial charge in [-0.1, -0.05) is 13.0 Å². The van der Waals surface area contributed by atoms with Crippen molar-refractivity contribution in [1.29, 1.82) is 0 Å². The SMILES string of the molecule is CCC(=O)Nc1cc(Nc2nc(-c3cccc(C(F)F)n3)nn3cccc23)ccn1. The van der Waals surface area contributed by atoms with Crippen LogP contribution in [-0.4, -0.2) is 30.5 Å². The molecule has 2 N–H and O–H groups in total. The van der Waals surface area contributed by atoms with E-state index in [9.17, 15) is 13.6 Å². The summed E-state index contributed by atoms with van der Waals surface area (Å²) in [7, 11) is 0. The monoisotopic (exact) mass is 409 g/mol. The van der Waals surface area contributed by atoms with Crippen LogP contribution in [0.25, 0.3) is 17.0 Å². The second-order valence-corrected chi connectivity index (χ2v) is 6.33. The fourth-order valence-corrected chi connectivity index (χ4v) is 2.78. The van der Waals surface area contributed by atoms with Gasteiger partial charge in [-0.15, -0.1) is 5.10 Å². The Bertz CT molecular complexity index is 1210. The molecule has 4 aromatic heterocycles. The molecular weight excluding hydrogens is 392 g/mol. The van der Waals surface area contributed by atoms with Gasteiger partial charge in [0.15, 0.2) is 5.82 Å². The molecular formula is C20H17F2N7O. The molecule has 4 aromatic rings. The first-order chi connectivity index (χ1) is 14.5. The van der Waals surface area contributed by atoms with E-state index < -0.39 is 6.43 Å². The molecule has 0 fully saturated rings. The Balaban J connectivity index is 1.71. The first kappa shape index (κ1) is 19.4. The fourth-order valence-electron chi connectivity index (χ4n) is 2.78. The highest BCUT2D eigenvalue weighted by molar-refractivity contribution is 5.90. The smallest absolute Gasteiger partial charge is 0.280 e. The minimum absolute atomic E-state index is 0.150. The number of hydrogen-bond acceptors (Lipinski definition) is 6. The summed E-state index contributed by atoms with van der Waals surface area (Å²) in [6.07, 6.45) is 0.927. The number of hydrogen-bond donors (Lipinski definition) is 2. The van der Waals surface area contributed by atoms with Gasteiger partial charge in [-0.2, -0.15) is 0 Å². The highest BCUT2D eigenvalue weighted by Gasteiger charge is 2.14. The van der Waals surface area contributed by atoms with E-state index in [1.54, 1.807) is 48.1 Å². The Morgan fingerprint density at radius 2 is 2.03 bits per heavy atom. The minimum atomic E-state index is -2.69. The van der Waals surface area contributed by atoms with Crippen molar-refractivity contribution < 1.29 is 13.6 Å². The summed E-state index contributed by atoms with van der Waals surface area (Å²) in [5.41, 5.74) is 1.21. The van der Waals surface area contributed by atoms with E-state index in [0.29, 0.717) is 29.3 Å². The lowest BCUT2D eigenvalue weighted by Gasteiger charge is -2.11. The first-order valence-corrected chi connectivity index (χ1v) is 9.17. The number of fused-ring (bicyclic) bond motifs is 1. The number of rotatable bonds is 6. The van der Waals surface area contributed by atoms with Gasteiger partial charge in [-0.05, 0) is 30.3 Å². The van der Waals surface area contributed by atoms with E-state index in [1.807, 2.05) is 6.07 Å². The average molecular weight is 409 g/mol. The molecule has 0 spiro atoms. The molecule has 30 heavy (non-hydrogen) atoms. The summed E-state index contributed by atoms with van der Waals surface area (Å²) in [5.74, 6) is 0.896. The van der Waals surface area contributed by atoms with Crippen molar-refractivity contribution in [2.24, 2.45) is 0 Å². The predicted octanol–water partition coefficient (Wildman–Crippen LogP) is 4.22. The van der Waals surface area contributed by atoms with E-state index >= 15 is 0 Å². The highest BCUT2D eigenvalue weighted by atomic mass is 19.3. The fraction of sp³-hybridized carbons (Fsp3) is 0.150. The number of alkyl halides is 2. The molecule has 0 bridgehead atoms. The summed E-state index contributed by atoms with van der Waals surface area (Å²) in [6, 6.07) is 11.3. The van der Waals surface area contributed by atoms with Crippen molar-refractivity contribution in [3.05, 3.63) is 60.6 Å². The standard InChI is InChI=1S/C20H17F2N7O/c1-2-17(30)26-16-11-12(8-9-23-16)24-20-15-7-4-10-29(15)28-19(27-20)14-6-3-5-13(25-14)18(21)22/h3-11,18H,2H2,1H3,(H2,23,24,26,27,28,30). The zero-order valence-corrected chi connectivity index (χ0v) is 15.9. The molecule has 1 amide bonds. The Kier molecular flexibility index (Phi) is 5.29. The van der Waals surface area contributed by atoms with Crippen LogP contribution >= 0.6 is 0 Å². The number of amides is 1. The zero-order valence-electron chi connectivity index (χ0n) is 15.9. The number of nitrogens with one attached hydrogen (secondary N) is 2. The van der Waals surface area contributed by atoms with E-state index in [-0.39, 0.29) is 23.1 Å². The van der Waals surface area contributed by atoms with Gasteiger partial charge in [0.25, 0.3) is 6.43 Å². The van der Waals surface area contributed by atoms with Crippen molar-refractivity contribution in [3.8, 4) is 11.5 Å². The van der Waals surface area contributed by atoms with E-state index in [4.69, 9.17) is 0 Å². The molecule has 0 aliphatic rings. The Morgan fingerprint density at radius 3 is 2.83 bits per heavy atom. The van der Waals surface area contributed by atoms with Crippen LogP contribution in [0.5, 0.6) is 0 Å². The topological polar surface area (TPSA) is 97.1 Å². The van der Waals surface area contributed by atoms with Crippen LogP contribution in [0.3, 0.4) is 0 Å². The van der Waals surface area contributed by atoms with Crippen LogP contribution < -0.4 is 10.6 Å². The first-order valence-electron chi connectivity index (χ1n) is 9.17. The van der Waals surface area contributed by atoms with Crippen LogP contribution in [0.4, 0.5) is 26.1 Å². The summed E-state index contributed by atoms with van der Waals surface area (Å²) in [4.78, 5) is 24.2. The molecule has 0 aliphatic heterocycles. The molecule has 10 heteroatoms. The van der Waals surface area contributed by atoms with Gasteiger partial charge >= 0.3 is 0 Å².